The molecule has 21 heavy (non-hydrogen) atoms. The van der Waals surface area contributed by atoms with Crippen LogP contribution in [0.2, 0.25) is 0 Å². The van der Waals surface area contributed by atoms with E-state index in [0.29, 0.717) is 11.3 Å². The van der Waals surface area contributed by atoms with Gasteiger partial charge < -0.3 is 20.1 Å². The standard InChI is InChI=1S/C16H18N2O3/c1-18(11-6-4-7-12(10-11)20-2)14-9-5-8-13(15(14)17)16(19)21-3/h4-10H,17H2,1-3H3. The summed E-state index contributed by atoms with van der Waals surface area (Å²) in [6.45, 7) is 0. The lowest BCUT2D eigenvalue weighted by atomic mass is 10.1. The number of para-hydroxylation sites is 1. The summed E-state index contributed by atoms with van der Waals surface area (Å²) in [5, 5.41) is 0. The molecule has 2 aromatic carbocycles. The number of methoxy groups -OCH3 is 2. The number of benzene rings is 2. The Labute approximate surface area is 123 Å². The Morgan fingerprint density at radius 1 is 1.14 bits per heavy atom. The van der Waals surface area contributed by atoms with Crippen molar-refractivity contribution in [3.63, 3.8) is 0 Å². The summed E-state index contributed by atoms with van der Waals surface area (Å²) >= 11 is 0. The van der Waals surface area contributed by atoms with Gasteiger partial charge in [-0.1, -0.05) is 12.1 Å². The van der Waals surface area contributed by atoms with Crippen LogP contribution >= 0.6 is 0 Å². The van der Waals surface area contributed by atoms with Crippen LogP contribution in [0.15, 0.2) is 42.5 Å². The molecule has 2 rings (SSSR count). The van der Waals surface area contributed by atoms with E-state index in [1.54, 1.807) is 19.2 Å². The Kier molecular flexibility index (Phi) is 4.33. The summed E-state index contributed by atoms with van der Waals surface area (Å²) in [4.78, 5) is 13.6. The number of hydrogen-bond acceptors (Lipinski definition) is 5. The summed E-state index contributed by atoms with van der Waals surface area (Å²) < 4.78 is 9.96. The molecule has 0 atom stereocenters. The molecule has 0 aliphatic heterocycles. The van der Waals surface area contributed by atoms with E-state index in [1.165, 1.54) is 7.11 Å². The first-order valence-electron chi connectivity index (χ1n) is 6.43. The minimum atomic E-state index is -0.451. The number of anilines is 3. The van der Waals surface area contributed by atoms with Gasteiger partial charge in [-0.3, -0.25) is 0 Å². The highest BCUT2D eigenvalue weighted by atomic mass is 16.5. The second kappa shape index (κ2) is 6.17. The van der Waals surface area contributed by atoms with Gasteiger partial charge in [0.15, 0.2) is 0 Å². The Morgan fingerprint density at radius 3 is 2.52 bits per heavy atom. The van der Waals surface area contributed by atoms with Crippen molar-refractivity contribution >= 4 is 23.0 Å². The lowest BCUT2D eigenvalue weighted by molar-refractivity contribution is 0.0602. The van der Waals surface area contributed by atoms with E-state index in [9.17, 15) is 4.79 Å². The number of nitrogens with zero attached hydrogens (tertiary/aromatic N) is 1. The average molecular weight is 286 g/mol. The third-order valence-electron chi connectivity index (χ3n) is 3.29. The van der Waals surface area contributed by atoms with Crippen LogP contribution in [-0.4, -0.2) is 27.2 Å². The molecule has 0 heterocycles. The fraction of sp³-hybridized carbons (Fsp3) is 0.188. The number of carbonyl (C=O) groups excluding carboxylic acids is 1. The predicted octanol–water partition coefficient (Wildman–Crippen LogP) is 2.83. The summed E-state index contributed by atoms with van der Waals surface area (Å²) in [5.41, 5.74) is 8.46. The maximum atomic E-state index is 11.7. The van der Waals surface area contributed by atoms with Crippen molar-refractivity contribution in [2.45, 2.75) is 0 Å². The topological polar surface area (TPSA) is 64.8 Å². The Hall–Kier alpha value is -2.69. The van der Waals surface area contributed by atoms with Gasteiger partial charge in [0.05, 0.1) is 31.2 Å². The monoisotopic (exact) mass is 286 g/mol. The van der Waals surface area contributed by atoms with Crippen LogP contribution in [0, 0.1) is 0 Å². The Morgan fingerprint density at radius 2 is 1.86 bits per heavy atom. The Balaban J connectivity index is 2.43. The molecule has 0 aliphatic carbocycles. The highest BCUT2D eigenvalue weighted by molar-refractivity contribution is 5.99. The van der Waals surface area contributed by atoms with Crippen molar-refractivity contribution in [2.75, 3.05) is 31.9 Å². The third-order valence-corrected chi connectivity index (χ3v) is 3.29. The van der Waals surface area contributed by atoms with Gasteiger partial charge in [-0.2, -0.15) is 0 Å². The molecule has 2 N–H and O–H groups in total. The van der Waals surface area contributed by atoms with Crippen LogP contribution < -0.4 is 15.4 Å². The molecule has 0 saturated heterocycles. The van der Waals surface area contributed by atoms with Gasteiger partial charge in [-0.05, 0) is 24.3 Å². The highest BCUT2D eigenvalue weighted by Gasteiger charge is 2.16. The first-order chi connectivity index (χ1) is 10.1. The van der Waals surface area contributed by atoms with Gasteiger partial charge in [0.2, 0.25) is 0 Å². The second-order valence-corrected chi connectivity index (χ2v) is 4.49. The Bertz CT molecular complexity index is 656. The zero-order valence-electron chi connectivity index (χ0n) is 12.3. The van der Waals surface area contributed by atoms with Crippen molar-refractivity contribution in [3.8, 4) is 5.75 Å². The van der Waals surface area contributed by atoms with Crippen molar-refractivity contribution in [3.05, 3.63) is 48.0 Å². The van der Waals surface area contributed by atoms with E-state index in [1.807, 2.05) is 42.3 Å². The fourth-order valence-corrected chi connectivity index (χ4v) is 2.09. The minimum absolute atomic E-state index is 0.352. The van der Waals surface area contributed by atoms with Crippen molar-refractivity contribution in [1.29, 1.82) is 0 Å². The van der Waals surface area contributed by atoms with Crippen molar-refractivity contribution in [1.82, 2.24) is 0 Å². The maximum Gasteiger partial charge on any atom is 0.340 e. The quantitative estimate of drug-likeness (QED) is 0.691. The maximum absolute atomic E-state index is 11.7. The van der Waals surface area contributed by atoms with Gasteiger partial charge in [0.25, 0.3) is 0 Å². The van der Waals surface area contributed by atoms with Crippen LogP contribution in [0.4, 0.5) is 17.1 Å². The molecule has 0 aliphatic rings. The van der Waals surface area contributed by atoms with Crippen molar-refractivity contribution < 1.29 is 14.3 Å². The second-order valence-electron chi connectivity index (χ2n) is 4.49. The van der Waals surface area contributed by atoms with Gasteiger partial charge in [0, 0.05) is 18.8 Å². The molecule has 5 nitrogen and oxygen atoms in total. The molecule has 0 bridgehead atoms. The highest BCUT2D eigenvalue weighted by Crippen LogP contribution is 2.32. The van der Waals surface area contributed by atoms with Gasteiger partial charge in [0.1, 0.15) is 5.75 Å². The van der Waals surface area contributed by atoms with Crippen molar-refractivity contribution in [2.24, 2.45) is 0 Å². The van der Waals surface area contributed by atoms with E-state index in [4.69, 9.17) is 15.2 Å². The zero-order valence-corrected chi connectivity index (χ0v) is 12.3. The number of ether oxygens (including phenoxy) is 2. The first kappa shape index (κ1) is 14.7. The predicted molar refractivity (Wildman–Crippen MR) is 83.3 cm³/mol. The molecule has 0 radical (unpaired) electrons. The van der Waals surface area contributed by atoms with E-state index < -0.39 is 5.97 Å². The lowest BCUT2D eigenvalue weighted by Gasteiger charge is -2.22. The molecule has 0 unspecified atom stereocenters. The van der Waals surface area contributed by atoms with Gasteiger partial charge in [-0.25, -0.2) is 4.79 Å². The molecular formula is C16H18N2O3. The normalized spacial score (nSPS) is 10.0. The molecule has 0 saturated carbocycles. The summed E-state index contributed by atoms with van der Waals surface area (Å²) in [6.07, 6.45) is 0. The molecule has 0 spiro atoms. The molecule has 110 valence electrons. The lowest BCUT2D eigenvalue weighted by Crippen LogP contribution is -2.14. The largest absolute Gasteiger partial charge is 0.497 e. The van der Waals surface area contributed by atoms with Gasteiger partial charge >= 0.3 is 5.97 Å². The fourth-order valence-electron chi connectivity index (χ4n) is 2.09. The van der Waals surface area contributed by atoms with E-state index >= 15 is 0 Å². The van der Waals surface area contributed by atoms with Gasteiger partial charge in [-0.15, -0.1) is 0 Å². The number of nitrogen functional groups attached to an aromatic ring is 1. The molecule has 0 fully saturated rings. The summed E-state index contributed by atoms with van der Waals surface area (Å²) in [6, 6.07) is 12.9. The molecule has 0 aromatic heterocycles. The average Bonchev–Trinajstić information content (AvgIpc) is 2.53. The summed E-state index contributed by atoms with van der Waals surface area (Å²) in [5.74, 6) is 0.301. The molecule has 5 heteroatoms. The number of hydrogen-bond donors (Lipinski definition) is 1. The number of rotatable bonds is 4. The molecule has 2 aromatic rings. The van der Waals surface area contributed by atoms with Crippen LogP contribution in [0.1, 0.15) is 10.4 Å². The van der Waals surface area contributed by atoms with E-state index in [0.717, 1.165) is 17.1 Å². The number of nitrogens with two attached hydrogens (primary N) is 1. The number of esters is 1. The van der Waals surface area contributed by atoms with Crippen LogP contribution in [0.25, 0.3) is 0 Å². The van der Waals surface area contributed by atoms with Crippen LogP contribution in [0.5, 0.6) is 5.75 Å². The zero-order chi connectivity index (χ0) is 15.4. The third kappa shape index (κ3) is 2.91. The van der Waals surface area contributed by atoms with Crippen LogP contribution in [0.3, 0.4) is 0 Å². The first-order valence-corrected chi connectivity index (χ1v) is 6.43. The summed E-state index contributed by atoms with van der Waals surface area (Å²) in [7, 11) is 4.83. The number of carbonyl (C=O) groups is 1. The minimum Gasteiger partial charge on any atom is -0.497 e. The smallest absolute Gasteiger partial charge is 0.340 e. The van der Waals surface area contributed by atoms with E-state index in [2.05, 4.69) is 0 Å². The van der Waals surface area contributed by atoms with Crippen LogP contribution in [-0.2, 0) is 4.74 Å². The molecule has 0 amide bonds. The van der Waals surface area contributed by atoms with E-state index in [-0.39, 0.29) is 0 Å². The SMILES string of the molecule is COC(=O)c1cccc(N(C)c2cccc(OC)c2)c1N. The molecular weight excluding hydrogens is 268 g/mol.